The van der Waals surface area contributed by atoms with Gasteiger partial charge in [-0.15, -0.1) is 0 Å². The minimum absolute atomic E-state index is 0.0185. The van der Waals surface area contributed by atoms with Crippen molar-refractivity contribution in [1.29, 1.82) is 0 Å². The molecule has 0 saturated heterocycles. The van der Waals surface area contributed by atoms with Gasteiger partial charge in [-0.1, -0.05) is 28.1 Å². The van der Waals surface area contributed by atoms with Gasteiger partial charge in [0, 0.05) is 27.6 Å². The van der Waals surface area contributed by atoms with Gasteiger partial charge in [0.15, 0.2) is 5.76 Å². The molecule has 0 atom stereocenters. The van der Waals surface area contributed by atoms with Crippen LogP contribution in [-0.4, -0.2) is 16.7 Å². The molecule has 9 heteroatoms. The number of rotatable bonds is 4. The normalized spacial score (nSPS) is 13.7. The van der Waals surface area contributed by atoms with E-state index in [4.69, 9.17) is 13.9 Å². The van der Waals surface area contributed by atoms with Gasteiger partial charge in [0.2, 0.25) is 11.5 Å². The third-order valence-electron chi connectivity index (χ3n) is 5.30. The minimum Gasteiger partial charge on any atom is -0.452 e. The van der Waals surface area contributed by atoms with Crippen molar-refractivity contribution in [2.75, 3.05) is 0 Å². The van der Waals surface area contributed by atoms with Crippen molar-refractivity contribution < 1.29 is 28.4 Å². The molecule has 0 unspecified atom stereocenters. The first-order valence-electron chi connectivity index (χ1n) is 10.0. The average molecular weight is 520 g/mol. The lowest BCUT2D eigenvalue weighted by Crippen LogP contribution is -2.08. The SMILES string of the molecule is Cc1c(OC(=O)c2cc3cc(Br)ccc3o2)ccc2c1O/C(=C\c1cccc([N+](=O)[O-])c1)C2=O. The second-order valence-corrected chi connectivity index (χ2v) is 8.46. The highest BCUT2D eigenvalue weighted by Crippen LogP contribution is 2.39. The molecule has 4 aromatic rings. The van der Waals surface area contributed by atoms with Gasteiger partial charge in [0.1, 0.15) is 17.1 Å². The predicted octanol–water partition coefficient (Wildman–Crippen LogP) is 6.25. The number of Topliss-reactive ketones (excluding diaryl/α,β-unsaturated/α-hetero) is 1. The van der Waals surface area contributed by atoms with E-state index in [0.29, 0.717) is 22.3 Å². The molecule has 1 aromatic heterocycles. The fourth-order valence-corrected chi connectivity index (χ4v) is 4.00. The highest BCUT2D eigenvalue weighted by molar-refractivity contribution is 9.10. The summed E-state index contributed by atoms with van der Waals surface area (Å²) >= 11 is 3.38. The molecule has 0 amide bonds. The number of ether oxygens (including phenoxy) is 2. The Hall–Kier alpha value is -4.24. The van der Waals surface area contributed by atoms with E-state index in [9.17, 15) is 19.7 Å². The van der Waals surface area contributed by atoms with Crippen LogP contribution in [0.3, 0.4) is 0 Å². The van der Waals surface area contributed by atoms with Crippen LogP contribution < -0.4 is 9.47 Å². The summed E-state index contributed by atoms with van der Waals surface area (Å²) in [5, 5.41) is 11.8. The molecule has 5 rings (SSSR count). The fraction of sp³-hybridized carbons (Fsp3) is 0.0400. The Bertz CT molecular complexity index is 1550. The summed E-state index contributed by atoms with van der Waals surface area (Å²) in [6.45, 7) is 1.67. The molecule has 8 nitrogen and oxygen atoms in total. The lowest BCUT2D eigenvalue weighted by molar-refractivity contribution is -0.384. The Balaban J connectivity index is 1.41. The van der Waals surface area contributed by atoms with Crippen molar-refractivity contribution in [2.24, 2.45) is 0 Å². The Labute approximate surface area is 200 Å². The highest BCUT2D eigenvalue weighted by atomic mass is 79.9. The molecule has 1 aliphatic heterocycles. The molecule has 0 radical (unpaired) electrons. The number of allylic oxidation sites excluding steroid dienone is 1. The summed E-state index contributed by atoms with van der Waals surface area (Å²) in [4.78, 5) is 36.0. The van der Waals surface area contributed by atoms with Gasteiger partial charge in [0.25, 0.3) is 5.69 Å². The summed E-state index contributed by atoms with van der Waals surface area (Å²) in [7, 11) is 0. The van der Waals surface area contributed by atoms with Crippen molar-refractivity contribution in [2.45, 2.75) is 6.92 Å². The number of hydrogen-bond acceptors (Lipinski definition) is 7. The average Bonchev–Trinajstić information content (AvgIpc) is 3.37. The van der Waals surface area contributed by atoms with E-state index in [-0.39, 0.29) is 34.5 Å². The first-order chi connectivity index (χ1) is 16.3. The molecule has 0 saturated carbocycles. The Morgan fingerprint density at radius 3 is 2.74 bits per heavy atom. The molecule has 0 aliphatic carbocycles. The zero-order chi connectivity index (χ0) is 24.0. The van der Waals surface area contributed by atoms with E-state index in [0.717, 1.165) is 9.86 Å². The third kappa shape index (κ3) is 3.86. The molecule has 0 fully saturated rings. The van der Waals surface area contributed by atoms with Crippen LogP contribution in [0.2, 0.25) is 0 Å². The molecule has 3 aromatic carbocycles. The number of fused-ring (bicyclic) bond motifs is 2. The Kier molecular flexibility index (Phi) is 5.25. The standard InChI is InChI=1S/C25H14BrNO7/c1-13-19(34-25(29)22-12-15-11-16(26)5-7-20(15)32-22)8-6-18-23(28)21(33-24(13)18)10-14-3-2-4-17(9-14)27(30)31/h2-12H,1H3/b21-10-. The molecule has 2 heterocycles. The number of hydrogen-bond donors (Lipinski definition) is 0. The van der Waals surface area contributed by atoms with Crippen LogP contribution in [0.25, 0.3) is 17.0 Å². The number of nitro groups is 1. The topological polar surface area (TPSA) is 109 Å². The van der Waals surface area contributed by atoms with Crippen molar-refractivity contribution in [1.82, 2.24) is 0 Å². The quantitative estimate of drug-likeness (QED) is 0.103. The van der Waals surface area contributed by atoms with E-state index in [1.165, 1.54) is 36.4 Å². The molecule has 168 valence electrons. The molecule has 0 bridgehead atoms. The van der Waals surface area contributed by atoms with Crippen LogP contribution in [0.4, 0.5) is 5.69 Å². The van der Waals surface area contributed by atoms with Crippen molar-refractivity contribution >= 4 is 50.4 Å². The van der Waals surface area contributed by atoms with Gasteiger partial charge in [-0.25, -0.2) is 4.79 Å². The predicted molar refractivity (Wildman–Crippen MR) is 126 cm³/mol. The molecular weight excluding hydrogens is 506 g/mol. The van der Waals surface area contributed by atoms with Crippen LogP contribution in [0, 0.1) is 17.0 Å². The second-order valence-electron chi connectivity index (χ2n) is 7.54. The van der Waals surface area contributed by atoms with Crippen molar-refractivity contribution in [3.63, 3.8) is 0 Å². The summed E-state index contributed by atoms with van der Waals surface area (Å²) < 4.78 is 17.7. The monoisotopic (exact) mass is 519 g/mol. The third-order valence-corrected chi connectivity index (χ3v) is 5.79. The van der Waals surface area contributed by atoms with Gasteiger partial charge < -0.3 is 13.9 Å². The number of furan rings is 1. The maximum absolute atomic E-state index is 12.8. The van der Waals surface area contributed by atoms with Crippen molar-refractivity contribution in [3.8, 4) is 11.5 Å². The van der Waals surface area contributed by atoms with E-state index in [1.54, 1.807) is 31.2 Å². The number of nitro benzene ring substituents is 1. The maximum atomic E-state index is 12.8. The summed E-state index contributed by atoms with van der Waals surface area (Å²) in [5.41, 5.74) is 1.67. The number of benzene rings is 3. The number of carbonyl (C=O) groups excluding carboxylic acids is 2. The number of ketones is 1. The number of non-ortho nitro benzene ring substituents is 1. The van der Waals surface area contributed by atoms with E-state index in [2.05, 4.69) is 15.9 Å². The summed E-state index contributed by atoms with van der Waals surface area (Å²) in [5.74, 6) is -0.520. The minimum atomic E-state index is -0.688. The van der Waals surface area contributed by atoms with Crippen LogP contribution in [0.1, 0.15) is 32.0 Å². The van der Waals surface area contributed by atoms with Gasteiger partial charge in [0.05, 0.1) is 10.5 Å². The van der Waals surface area contributed by atoms with Crippen molar-refractivity contribution in [3.05, 3.63) is 103 Å². The summed E-state index contributed by atoms with van der Waals surface area (Å²) in [6, 6.07) is 15.8. The lowest BCUT2D eigenvalue weighted by atomic mass is 10.1. The summed E-state index contributed by atoms with van der Waals surface area (Å²) in [6.07, 6.45) is 1.44. The lowest BCUT2D eigenvalue weighted by Gasteiger charge is -2.09. The molecule has 1 aliphatic rings. The van der Waals surface area contributed by atoms with Crippen LogP contribution in [-0.2, 0) is 0 Å². The maximum Gasteiger partial charge on any atom is 0.379 e. The smallest absolute Gasteiger partial charge is 0.379 e. The van der Waals surface area contributed by atoms with Gasteiger partial charge >= 0.3 is 5.97 Å². The van der Waals surface area contributed by atoms with E-state index < -0.39 is 10.9 Å². The zero-order valence-electron chi connectivity index (χ0n) is 17.5. The number of nitrogens with zero attached hydrogens (tertiary/aromatic N) is 1. The second kappa shape index (κ2) is 8.27. The van der Waals surface area contributed by atoms with Crippen LogP contribution in [0.15, 0.2) is 75.3 Å². The molecule has 0 spiro atoms. The molecular formula is C25H14BrNO7. The van der Waals surface area contributed by atoms with E-state index in [1.807, 2.05) is 6.07 Å². The number of esters is 1. The Morgan fingerprint density at radius 1 is 1.12 bits per heavy atom. The van der Waals surface area contributed by atoms with Crippen LogP contribution in [0.5, 0.6) is 11.5 Å². The molecule has 0 N–H and O–H groups in total. The van der Waals surface area contributed by atoms with Gasteiger partial charge in [-0.05, 0) is 55.0 Å². The Morgan fingerprint density at radius 2 is 1.94 bits per heavy atom. The van der Waals surface area contributed by atoms with Gasteiger partial charge in [-0.3, -0.25) is 14.9 Å². The number of halogens is 1. The van der Waals surface area contributed by atoms with Gasteiger partial charge in [-0.2, -0.15) is 0 Å². The first kappa shape index (κ1) is 21.6. The largest absolute Gasteiger partial charge is 0.452 e. The van der Waals surface area contributed by atoms with E-state index >= 15 is 0 Å². The first-order valence-corrected chi connectivity index (χ1v) is 10.8. The number of carbonyl (C=O) groups is 2. The fourth-order valence-electron chi connectivity index (χ4n) is 3.62. The van der Waals surface area contributed by atoms with Crippen LogP contribution >= 0.6 is 15.9 Å². The zero-order valence-corrected chi connectivity index (χ0v) is 19.1. The highest BCUT2D eigenvalue weighted by Gasteiger charge is 2.31. The molecule has 34 heavy (non-hydrogen) atoms.